The molecule has 0 spiro atoms. The van der Waals surface area contributed by atoms with Crippen molar-refractivity contribution >= 4 is 17.3 Å². The van der Waals surface area contributed by atoms with E-state index in [0.29, 0.717) is 24.3 Å². The highest BCUT2D eigenvalue weighted by Crippen LogP contribution is 2.18. The molecule has 26 heavy (non-hydrogen) atoms. The van der Waals surface area contributed by atoms with Gasteiger partial charge in [0.25, 0.3) is 11.5 Å². The molecule has 0 fully saturated rings. The van der Waals surface area contributed by atoms with Crippen LogP contribution in [-0.4, -0.2) is 15.5 Å². The first-order valence-corrected chi connectivity index (χ1v) is 8.41. The molecule has 0 saturated carbocycles. The number of nitrogens with one attached hydrogen (secondary N) is 2. The largest absolute Gasteiger partial charge is 0.380 e. The van der Waals surface area contributed by atoms with Crippen LogP contribution in [0.3, 0.4) is 0 Å². The summed E-state index contributed by atoms with van der Waals surface area (Å²) in [4.78, 5) is 28.4. The molecule has 2 heterocycles. The number of benzene rings is 1. The van der Waals surface area contributed by atoms with Gasteiger partial charge in [-0.05, 0) is 36.8 Å². The van der Waals surface area contributed by atoms with E-state index in [1.54, 1.807) is 35.3 Å². The highest BCUT2D eigenvalue weighted by Gasteiger charge is 2.11. The second kappa shape index (κ2) is 8.11. The van der Waals surface area contributed by atoms with E-state index in [0.717, 1.165) is 11.3 Å². The van der Waals surface area contributed by atoms with Crippen molar-refractivity contribution in [1.29, 1.82) is 0 Å². The summed E-state index contributed by atoms with van der Waals surface area (Å²) in [5, 5.41) is 6.12. The van der Waals surface area contributed by atoms with Gasteiger partial charge < -0.3 is 15.2 Å². The molecule has 6 heteroatoms. The van der Waals surface area contributed by atoms with E-state index in [1.807, 2.05) is 37.3 Å². The van der Waals surface area contributed by atoms with Gasteiger partial charge >= 0.3 is 0 Å². The zero-order chi connectivity index (χ0) is 18.4. The minimum absolute atomic E-state index is 0.0935. The van der Waals surface area contributed by atoms with Gasteiger partial charge in [-0.1, -0.05) is 18.2 Å². The minimum Gasteiger partial charge on any atom is -0.380 e. The van der Waals surface area contributed by atoms with Crippen LogP contribution < -0.4 is 16.2 Å². The molecule has 0 aliphatic carbocycles. The number of amides is 1. The molecule has 2 N–H and O–H groups in total. The van der Waals surface area contributed by atoms with Crippen molar-refractivity contribution in [3.05, 3.63) is 88.6 Å². The molecule has 2 aromatic heterocycles. The van der Waals surface area contributed by atoms with Gasteiger partial charge in [0.1, 0.15) is 0 Å². The molecule has 6 nitrogen and oxygen atoms in total. The first-order chi connectivity index (χ1) is 12.7. The third-order valence-electron chi connectivity index (χ3n) is 3.96. The number of aryl methyl sites for hydroxylation is 1. The van der Waals surface area contributed by atoms with Crippen LogP contribution in [0.15, 0.2) is 71.9 Å². The lowest BCUT2D eigenvalue weighted by atomic mass is 10.1. The van der Waals surface area contributed by atoms with E-state index in [2.05, 4.69) is 15.6 Å². The summed E-state index contributed by atoms with van der Waals surface area (Å²) >= 11 is 0. The molecule has 0 atom stereocenters. The van der Waals surface area contributed by atoms with Gasteiger partial charge in [0.05, 0.1) is 11.3 Å². The maximum Gasteiger partial charge on any atom is 0.257 e. The number of carbonyl (C=O) groups excluding carboxylic acids is 1. The first-order valence-electron chi connectivity index (χ1n) is 8.41. The van der Waals surface area contributed by atoms with Crippen molar-refractivity contribution in [2.45, 2.75) is 20.0 Å². The van der Waals surface area contributed by atoms with Crippen LogP contribution in [0.25, 0.3) is 0 Å². The standard InChI is InChI=1S/C20H20N4O2/c1-2-24-14-16(9-10-19(24)25)23-20(26)17-7-3-4-8-18(17)22-13-15-6-5-11-21-12-15/h3-12,14,22H,2,13H2,1H3,(H,23,26). The van der Waals surface area contributed by atoms with Gasteiger partial charge in [-0.25, -0.2) is 0 Å². The fraction of sp³-hybridized carbons (Fsp3) is 0.150. The lowest BCUT2D eigenvalue weighted by Crippen LogP contribution is -2.20. The van der Waals surface area contributed by atoms with E-state index < -0.39 is 0 Å². The highest BCUT2D eigenvalue weighted by atomic mass is 16.1. The van der Waals surface area contributed by atoms with Gasteiger partial charge in [-0.15, -0.1) is 0 Å². The first kappa shape index (κ1) is 17.4. The third kappa shape index (κ3) is 4.16. The predicted molar refractivity (Wildman–Crippen MR) is 102 cm³/mol. The number of pyridine rings is 2. The summed E-state index contributed by atoms with van der Waals surface area (Å²) in [6.07, 6.45) is 5.15. The van der Waals surface area contributed by atoms with Crippen molar-refractivity contribution < 1.29 is 4.79 Å². The zero-order valence-corrected chi connectivity index (χ0v) is 14.5. The Morgan fingerprint density at radius 1 is 1.12 bits per heavy atom. The topological polar surface area (TPSA) is 76.0 Å². The molecule has 0 aliphatic heterocycles. The van der Waals surface area contributed by atoms with Gasteiger partial charge in [-0.2, -0.15) is 0 Å². The molecule has 0 radical (unpaired) electrons. The molecule has 3 rings (SSSR count). The number of hydrogen-bond acceptors (Lipinski definition) is 4. The lowest BCUT2D eigenvalue weighted by Gasteiger charge is -2.13. The Hall–Kier alpha value is -3.41. The number of hydrogen-bond donors (Lipinski definition) is 2. The Morgan fingerprint density at radius 2 is 1.96 bits per heavy atom. The monoisotopic (exact) mass is 348 g/mol. The Balaban J connectivity index is 1.76. The third-order valence-corrected chi connectivity index (χ3v) is 3.96. The number of para-hydroxylation sites is 1. The number of carbonyl (C=O) groups is 1. The van der Waals surface area contributed by atoms with E-state index >= 15 is 0 Å². The Labute approximate surface area is 151 Å². The average Bonchev–Trinajstić information content (AvgIpc) is 2.69. The summed E-state index contributed by atoms with van der Waals surface area (Å²) in [7, 11) is 0. The molecule has 132 valence electrons. The average molecular weight is 348 g/mol. The van der Waals surface area contributed by atoms with Crippen LogP contribution in [0.4, 0.5) is 11.4 Å². The summed E-state index contributed by atoms with van der Waals surface area (Å²) in [6, 6.07) is 14.2. The maximum atomic E-state index is 12.7. The Bertz CT molecular complexity index is 951. The normalized spacial score (nSPS) is 10.3. The van der Waals surface area contributed by atoms with Crippen molar-refractivity contribution in [1.82, 2.24) is 9.55 Å². The number of rotatable bonds is 6. The molecular formula is C20H20N4O2. The van der Waals surface area contributed by atoms with Crippen molar-refractivity contribution in [2.75, 3.05) is 10.6 Å². The quantitative estimate of drug-likeness (QED) is 0.718. The second-order valence-electron chi connectivity index (χ2n) is 5.76. The van der Waals surface area contributed by atoms with Gasteiger partial charge in [-0.3, -0.25) is 14.6 Å². The van der Waals surface area contributed by atoms with Crippen LogP contribution in [0.2, 0.25) is 0 Å². The van der Waals surface area contributed by atoms with Crippen LogP contribution in [0.1, 0.15) is 22.8 Å². The molecule has 0 aliphatic rings. The SMILES string of the molecule is CCn1cc(NC(=O)c2ccccc2NCc2cccnc2)ccc1=O. The number of anilines is 2. The molecule has 0 bridgehead atoms. The summed E-state index contributed by atoms with van der Waals surface area (Å²) in [6.45, 7) is 3.00. The molecule has 0 saturated heterocycles. The number of aromatic nitrogens is 2. The van der Waals surface area contributed by atoms with E-state index in [4.69, 9.17) is 0 Å². The minimum atomic E-state index is -0.236. The molecule has 0 unspecified atom stereocenters. The number of nitrogens with zero attached hydrogens (tertiary/aromatic N) is 2. The van der Waals surface area contributed by atoms with Gasteiger partial charge in [0, 0.05) is 43.4 Å². The summed E-state index contributed by atoms with van der Waals surface area (Å²) < 4.78 is 1.54. The summed E-state index contributed by atoms with van der Waals surface area (Å²) in [5.41, 5.74) is 2.78. The molecule has 1 aromatic carbocycles. The summed E-state index contributed by atoms with van der Waals surface area (Å²) in [5.74, 6) is -0.236. The lowest BCUT2D eigenvalue weighted by molar-refractivity contribution is 0.102. The van der Waals surface area contributed by atoms with Crippen LogP contribution >= 0.6 is 0 Å². The van der Waals surface area contributed by atoms with E-state index in [-0.39, 0.29) is 11.5 Å². The molecule has 1 amide bonds. The second-order valence-corrected chi connectivity index (χ2v) is 5.76. The van der Waals surface area contributed by atoms with E-state index in [1.165, 1.54) is 6.07 Å². The highest BCUT2D eigenvalue weighted by molar-refractivity contribution is 6.07. The Kier molecular flexibility index (Phi) is 5.43. The van der Waals surface area contributed by atoms with Crippen molar-refractivity contribution in [3.8, 4) is 0 Å². The van der Waals surface area contributed by atoms with Crippen LogP contribution in [-0.2, 0) is 13.1 Å². The zero-order valence-electron chi connectivity index (χ0n) is 14.5. The van der Waals surface area contributed by atoms with E-state index in [9.17, 15) is 9.59 Å². The Morgan fingerprint density at radius 3 is 2.73 bits per heavy atom. The van der Waals surface area contributed by atoms with Crippen LogP contribution in [0, 0.1) is 0 Å². The van der Waals surface area contributed by atoms with Crippen LogP contribution in [0.5, 0.6) is 0 Å². The van der Waals surface area contributed by atoms with Crippen molar-refractivity contribution in [2.24, 2.45) is 0 Å². The van der Waals surface area contributed by atoms with Gasteiger partial charge in [0.15, 0.2) is 0 Å². The smallest absolute Gasteiger partial charge is 0.257 e. The fourth-order valence-electron chi connectivity index (χ4n) is 2.59. The molecular weight excluding hydrogens is 328 g/mol. The predicted octanol–water partition coefficient (Wildman–Crippen LogP) is 3.13. The molecule has 3 aromatic rings. The van der Waals surface area contributed by atoms with Gasteiger partial charge in [0.2, 0.25) is 0 Å². The van der Waals surface area contributed by atoms with Crippen molar-refractivity contribution in [3.63, 3.8) is 0 Å². The maximum absolute atomic E-state index is 12.7. The fourth-order valence-corrected chi connectivity index (χ4v) is 2.59.